The molecule has 8 atom stereocenters. The maximum atomic E-state index is 12.5. The van der Waals surface area contributed by atoms with Gasteiger partial charge in [-0.3, -0.25) is 9.59 Å². The van der Waals surface area contributed by atoms with Gasteiger partial charge in [-0.05, 0) is 91.3 Å². The van der Waals surface area contributed by atoms with Crippen molar-refractivity contribution in [3.63, 3.8) is 0 Å². The molecule has 1 unspecified atom stereocenters. The lowest BCUT2D eigenvalue weighted by Crippen LogP contribution is -2.51. The summed E-state index contributed by atoms with van der Waals surface area (Å²) in [5.41, 5.74) is 2.29. The second-order valence-corrected chi connectivity index (χ2v) is 14.4. The molecule has 5 heteroatoms. The lowest BCUT2D eigenvalue weighted by molar-refractivity contribution is -0.155. The van der Waals surface area contributed by atoms with E-state index in [0.29, 0.717) is 12.0 Å². The van der Waals surface area contributed by atoms with E-state index in [9.17, 15) is 9.59 Å². The van der Waals surface area contributed by atoms with Gasteiger partial charge in [-0.25, -0.2) is 0 Å². The van der Waals surface area contributed by atoms with E-state index in [1.165, 1.54) is 56.9 Å². The van der Waals surface area contributed by atoms with Crippen LogP contribution in [0.15, 0.2) is 11.6 Å². The Labute approximate surface area is 238 Å². The smallest absolute Gasteiger partial charge is 0.306 e. The van der Waals surface area contributed by atoms with Gasteiger partial charge in [0.25, 0.3) is 0 Å². The summed E-state index contributed by atoms with van der Waals surface area (Å²) >= 11 is 0. The largest absolute Gasteiger partial charge is 0.463 e. The highest BCUT2D eigenvalue weighted by molar-refractivity contribution is 5.77. The predicted molar refractivity (Wildman–Crippen MR) is 155 cm³/mol. The molecule has 0 aliphatic heterocycles. The van der Waals surface area contributed by atoms with Gasteiger partial charge in [-0.1, -0.05) is 65.5 Å². The van der Waals surface area contributed by atoms with Gasteiger partial charge in [-0.15, -0.1) is 0 Å². The number of esters is 2. The van der Waals surface area contributed by atoms with Crippen molar-refractivity contribution in [2.45, 2.75) is 124 Å². The average molecular weight is 545 g/mol. The lowest BCUT2D eigenvalue weighted by atomic mass is 9.47. The predicted octanol–water partition coefficient (Wildman–Crippen LogP) is 7.91. The van der Waals surface area contributed by atoms with Crippen molar-refractivity contribution >= 4 is 11.9 Å². The number of ether oxygens (including phenoxy) is 3. The number of rotatable bonds is 12. The minimum Gasteiger partial charge on any atom is -0.463 e. The highest BCUT2D eigenvalue weighted by atomic mass is 16.6. The molecule has 0 heterocycles. The number of allylic oxidation sites excluding steroid dienone is 1. The molecular formula is C34H56O5. The van der Waals surface area contributed by atoms with Crippen LogP contribution < -0.4 is 0 Å². The van der Waals surface area contributed by atoms with Crippen molar-refractivity contribution in [3.05, 3.63) is 11.6 Å². The van der Waals surface area contributed by atoms with Crippen molar-refractivity contribution in [1.29, 1.82) is 0 Å². The molecule has 39 heavy (non-hydrogen) atoms. The van der Waals surface area contributed by atoms with E-state index in [-0.39, 0.29) is 42.9 Å². The monoisotopic (exact) mass is 544 g/mol. The van der Waals surface area contributed by atoms with E-state index in [0.717, 1.165) is 54.8 Å². The number of methoxy groups -OCH3 is 1. The Hall–Kier alpha value is -1.36. The second-order valence-electron chi connectivity index (χ2n) is 14.4. The van der Waals surface area contributed by atoms with Crippen LogP contribution in [0, 0.1) is 46.3 Å². The van der Waals surface area contributed by atoms with Crippen LogP contribution in [0.25, 0.3) is 0 Å². The molecule has 0 saturated heterocycles. The number of carbonyl (C=O) groups is 2. The van der Waals surface area contributed by atoms with Crippen molar-refractivity contribution in [3.8, 4) is 0 Å². The molecule has 4 rings (SSSR count). The van der Waals surface area contributed by atoms with E-state index in [1.54, 1.807) is 7.11 Å². The fourth-order valence-electron chi connectivity index (χ4n) is 9.51. The van der Waals surface area contributed by atoms with Gasteiger partial charge in [0.1, 0.15) is 12.7 Å². The number of hydrogen-bond acceptors (Lipinski definition) is 5. The first kappa shape index (κ1) is 30.6. The summed E-state index contributed by atoms with van der Waals surface area (Å²) in [5, 5.41) is 0. The summed E-state index contributed by atoms with van der Waals surface area (Å²) in [6.07, 6.45) is 16.5. The Balaban J connectivity index is 1.32. The molecule has 5 nitrogen and oxygen atoms in total. The fourth-order valence-corrected chi connectivity index (χ4v) is 9.51. The Morgan fingerprint density at radius 2 is 1.72 bits per heavy atom. The van der Waals surface area contributed by atoms with Crippen LogP contribution in [0.2, 0.25) is 0 Å². The average Bonchev–Trinajstić information content (AvgIpc) is 3.25. The van der Waals surface area contributed by atoms with Crippen LogP contribution in [-0.2, 0) is 23.8 Å². The Bertz CT molecular complexity index is 879. The Morgan fingerprint density at radius 1 is 0.949 bits per heavy atom. The highest BCUT2D eigenvalue weighted by Crippen LogP contribution is 2.67. The van der Waals surface area contributed by atoms with Crippen LogP contribution in [0.1, 0.15) is 118 Å². The Morgan fingerprint density at radius 3 is 2.46 bits per heavy atom. The summed E-state index contributed by atoms with van der Waals surface area (Å²) in [4.78, 5) is 24.3. The maximum absolute atomic E-state index is 12.5. The molecule has 0 radical (unpaired) electrons. The van der Waals surface area contributed by atoms with Crippen molar-refractivity contribution < 1.29 is 23.8 Å². The van der Waals surface area contributed by atoms with E-state index < -0.39 is 0 Å². The molecule has 0 aromatic heterocycles. The molecule has 0 bridgehead atoms. The summed E-state index contributed by atoms with van der Waals surface area (Å²) in [5.74, 6) is 4.34. The molecule has 0 amide bonds. The normalized spacial score (nSPS) is 36.4. The molecule has 0 N–H and O–H groups in total. The highest BCUT2D eigenvalue weighted by Gasteiger charge is 2.59. The number of fused-ring (bicyclic) bond motifs is 5. The van der Waals surface area contributed by atoms with E-state index in [4.69, 9.17) is 14.2 Å². The van der Waals surface area contributed by atoms with Crippen LogP contribution in [0.4, 0.5) is 0 Å². The molecule has 222 valence electrons. The fraction of sp³-hybridized carbons (Fsp3) is 0.882. The molecule has 0 aromatic carbocycles. The molecule has 0 aromatic rings. The SMILES string of the molecule is COCCOC(=O)CCC(=O)O[C@H]1CC[C@@]2(C)C(=CC[C@H]3[C@@H]4CC[C@H](C(C)CCCC(C)C)[C@@]4(C)CC[C@@H]32)C1. The van der Waals surface area contributed by atoms with Gasteiger partial charge in [0.15, 0.2) is 0 Å². The quantitative estimate of drug-likeness (QED) is 0.142. The zero-order chi connectivity index (χ0) is 28.2. The minimum absolute atomic E-state index is 0.0608. The van der Waals surface area contributed by atoms with E-state index in [2.05, 4.69) is 40.7 Å². The van der Waals surface area contributed by atoms with Crippen LogP contribution >= 0.6 is 0 Å². The Kier molecular flexibility index (Phi) is 10.3. The van der Waals surface area contributed by atoms with Crippen LogP contribution in [0.3, 0.4) is 0 Å². The van der Waals surface area contributed by atoms with Crippen LogP contribution in [-0.4, -0.2) is 38.4 Å². The molecule has 4 aliphatic carbocycles. The van der Waals surface area contributed by atoms with E-state index >= 15 is 0 Å². The second kappa shape index (κ2) is 13.1. The van der Waals surface area contributed by atoms with Gasteiger partial charge in [0.05, 0.1) is 19.4 Å². The summed E-state index contributed by atoms with van der Waals surface area (Å²) in [7, 11) is 1.56. The zero-order valence-electron chi connectivity index (χ0n) is 25.8. The van der Waals surface area contributed by atoms with Crippen molar-refractivity contribution in [2.75, 3.05) is 20.3 Å². The van der Waals surface area contributed by atoms with Crippen molar-refractivity contribution in [2.24, 2.45) is 46.3 Å². The van der Waals surface area contributed by atoms with Crippen LogP contribution in [0.5, 0.6) is 0 Å². The van der Waals surface area contributed by atoms with Gasteiger partial charge in [0.2, 0.25) is 0 Å². The first-order valence-corrected chi connectivity index (χ1v) is 16.1. The summed E-state index contributed by atoms with van der Waals surface area (Å²) in [6, 6.07) is 0. The molecule has 3 saturated carbocycles. The molecule has 4 aliphatic rings. The summed E-state index contributed by atoms with van der Waals surface area (Å²) < 4.78 is 15.8. The number of carbonyl (C=O) groups excluding carboxylic acids is 2. The lowest BCUT2D eigenvalue weighted by Gasteiger charge is -2.58. The number of hydrogen-bond donors (Lipinski definition) is 0. The first-order chi connectivity index (χ1) is 18.6. The zero-order valence-corrected chi connectivity index (χ0v) is 25.8. The van der Waals surface area contributed by atoms with Gasteiger partial charge < -0.3 is 14.2 Å². The topological polar surface area (TPSA) is 61.8 Å². The molecule has 0 spiro atoms. The van der Waals surface area contributed by atoms with Gasteiger partial charge in [0, 0.05) is 13.5 Å². The molecular weight excluding hydrogens is 488 g/mol. The maximum Gasteiger partial charge on any atom is 0.306 e. The third kappa shape index (κ3) is 6.76. The first-order valence-electron chi connectivity index (χ1n) is 16.1. The standard InChI is InChI=1S/C34H56O5/c1-23(2)8-7-9-24(3)28-12-13-29-27-11-10-25-22-26(39-32(36)15-14-31(35)38-21-20-37-6)16-18-33(25,4)30(27)17-19-34(28,29)5/h10,23-24,26-30H,7-9,11-22H2,1-6H3/t24?,26-,27-,28+,29-,30-,33-,34+/m0/s1. The van der Waals surface area contributed by atoms with Gasteiger partial charge >= 0.3 is 11.9 Å². The minimum atomic E-state index is -0.371. The van der Waals surface area contributed by atoms with Gasteiger partial charge in [-0.2, -0.15) is 0 Å². The molecule has 3 fully saturated rings. The van der Waals surface area contributed by atoms with Crippen molar-refractivity contribution in [1.82, 2.24) is 0 Å². The third-order valence-electron chi connectivity index (χ3n) is 11.6. The third-order valence-corrected chi connectivity index (χ3v) is 11.6. The van der Waals surface area contributed by atoms with E-state index in [1.807, 2.05) is 0 Å². The summed E-state index contributed by atoms with van der Waals surface area (Å²) in [6.45, 7) is 13.0.